The van der Waals surface area contributed by atoms with Gasteiger partial charge in [-0.25, -0.2) is 5.32 Å². The van der Waals surface area contributed by atoms with E-state index in [0.29, 0.717) is 0 Å². The lowest BCUT2D eigenvalue weighted by atomic mass is 10.1. The zero-order valence-electron chi connectivity index (χ0n) is 10.6. The van der Waals surface area contributed by atoms with Gasteiger partial charge < -0.3 is 4.48 Å². The Hall–Kier alpha value is -1.26. The summed E-state index contributed by atoms with van der Waals surface area (Å²) in [7, 11) is 0. The summed E-state index contributed by atoms with van der Waals surface area (Å²) in [6.45, 7) is 6.00. The Labute approximate surface area is 104 Å². The van der Waals surface area contributed by atoms with Crippen molar-refractivity contribution < 1.29 is 4.48 Å². The van der Waals surface area contributed by atoms with Gasteiger partial charge in [-0.2, -0.15) is 10.5 Å². The SMILES string of the molecule is C1CCC[N+]2(CC1)CCCCC2.N#CNC#N. The van der Waals surface area contributed by atoms with Crippen LogP contribution >= 0.6 is 0 Å². The summed E-state index contributed by atoms with van der Waals surface area (Å²) in [5.41, 5.74) is 0. The normalized spacial score (nSPS) is 22.2. The van der Waals surface area contributed by atoms with E-state index in [-0.39, 0.29) is 0 Å². The molecule has 94 valence electrons. The first kappa shape index (κ1) is 13.8. The van der Waals surface area contributed by atoms with E-state index in [1.54, 1.807) is 5.32 Å². The van der Waals surface area contributed by atoms with Crippen molar-refractivity contribution in [2.24, 2.45) is 0 Å². The zero-order chi connectivity index (χ0) is 12.4. The van der Waals surface area contributed by atoms with E-state index < -0.39 is 0 Å². The van der Waals surface area contributed by atoms with E-state index in [2.05, 4.69) is 0 Å². The monoisotopic (exact) mass is 235 g/mol. The molecule has 2 rings (SSSR count). The van der Waals surface area contributed by atoms with Gasteiger partial charge in [0.05, 0.1) is 26.2 Å². The fourth-order valence-electron chi connectivity index (χ4n) is 3.02. The minimum Gasteiger partial charge on any atom is -0.324 e. The molecule has 2 saturated heterocycles. The molecule has 2 fully saturated rings. The summed E-state index contributed by atoms with van der Waals surface area (Å²) in [6, 6.07) is 0. The molecule has 4 heteroatoms. The fourth-order valence-corrected chi connectivity index (χ4v) is 3.02. The second-order valence-electron chi connectivity index (χ2n) is 5.06. The first-order valence-corrected chi connectivity index (χ1v) is 6.71. The molecule has 1 N–H and O–H groups in total. The fraction of sp³-hybridized carbons (Fsp3) is 0.846. The molecule has 2 heterocycles. The lowest BCUT2D eigenvalue weighted by molar-refractivity contribution is -0.931. The van der Waals surface area contributed by atoms with Gasteiger partial charge in [-0.15, -0.1) is 0 Å². The van der Waals surface area contributed by atoms with Crippen LogP contribution in [0, 0.1) is 22.9 Å². The van der Waals surface area contributed by atoms with Crippen molar-refractivity contribution in [3.63, 3.8) is 0 Å². The Bertz CT molecular complexity index is 259. The molecule has 2 aliphatic heterocycles. The average Bonchev–Trinajstić information content (AvgIpc) is 2.58. The van der Waals surface area contributed by atoms with Gasteiger partial charge in [0.1, 0.15) is 0 Å². The van der Waals surface area contributed by atoms with Gasteiger partial charge >= 0.3 is 0 Å². The average molecular weight is 235 g/mol. The van der Waals surface area contributed by atoms with E-state index in [1.807, 2.05) is 0 Å². The van der Waals surface area contributed by atoms with Gasteiger partial charge in [-0.1, -0.05) is 0 Å². The van der Waals surface area contributed by atoms with Gasteiger partial charge in [-0.3, -0.25) is 0 Å². The Morgan fingerprint density at radius 2 is 1.00 bits per heavy atom. The largest absolute Gasteiger partial charge is 0.324 e. The summed E-state index contributed by atoms with van der Waals surface area (Å²) in [5.74, 6) is 0. The maximum Gasteiger partial charge on any atom is 0.190 e. The minimum atomic E-state index is 1.41. The molecule has 0 amide bonds. The lowest BCUT2D eigenvalue weighted by Crippen LogP contribution is -2.51. The molecule has 0 unspecified atom stereocenters. The quantitative estimate of drug-likeness (QED) is 0.397. The van der Waals surface area contributed by atoms with Crippen LogP contribution in [0.3, 0.4) is 0 Å². The highest BCUT2D eigenvalue weighted by molar-refractivity contribution is 4.77. The van der Waals surface area contributed by atoms with E-state index in [9.17, 15) is 0 Å². The van der Waals surface area contributed by atoms with Gasteiger partial charge in [0.15, 0.2) is 12.4 Å². The van der Waals surface area contributed by atoms with Crippen molar-refractivity contribution in [3.05, 3.63) is 0 Å². The molecule has 0 saturated carbocycles. The first-order valence-electron chi connectivity index (χ1n) is 6.71. The highest BCUT2D eigenvalue weighted by Crippen LogP contribution is 2.24. The number of rotatable bonds is 0. The van der Waals surface area contributed by atoms with E-state index in [1.165, 1.54) is 88.0 Å². The molecule has 0 aromatic rings. The number of quaternary nitrogens is 1. The van der Waals surface area contributed by atoms with Crippen LogP contribution < -0.4 is 5.32 Å². The smallest absolute Gasteiger partial charge is 0.190 e. The second-order valence-corrected chi connectivity index (χ2v) is 5.06. The van der Waals surface area contributed by atoms with Gasteiger partial charge in [0.2, 0.25) is 0 Å². The highest BCUT2D eigenvalue weighted by Gasteiger charge is 2.29. The lowest BCUT2D eigenvalue weighted by Gasteiger charge is -2.40. The number of hydrogen-bond donors (Lipinski definition) is 1. The maximum atomic E-state index is 7.48. The second kappa shape index (κ2) is 7.92. The molecule has 17 heavy (non-hydrogen) atoms. The molecular formula is C13H23N4+. The summed E-state index contributed by atoms with van der Waals surface area (Å²) in [4.78, 5) is 0. The molecule has 0 bridgehead atoms. The molecule has 4 nitrogen and oxygen atoms in total. The van der Waals surface area contributed by atoms with Crippen molar-refractivity contribution in [2.75, 3.05) is 26.2 Å². The predicted molar refractivity (Wildman–Crippen MR) is 66.4 cm³/mol. The standard InChI is InChI=1S/C11H22N.C2HN3/c1-2-5-9-12(8-4-1)10-6-3-7-11-12;3-1-5-2-4/h1-11H2;5H/q+1;. The molecule has 0 aromatic carbocycles. The predicted octanol–water partition coefficient (Wildman–Crippen LogP) is 2.10. The number of hydrogen-bond acceptors (Lipinski definition) is 3. The van der Waals surface area contributed by atoms with Crippen LogP contribution in [0.4, 0.5) is 0 Å². The Morgan fingerprint density at radius 3 is 1.29 bits per heavy atom. The van der Waals surface area contributed by atoms with Crippen LogP contribution in [-0.2, 0) is 0 Å². The van der Waals surface area contributed by atoms with Crippen LogP contribution in [0.5, 0.6) is 0 Å². The summed E-state index contributed by atoms with van der Waals surface area (Å²) >= 11 is 0. The topological polar surface area (TPSA) is 59.6 Å². The summed E-state index contributed by atoms with van der Waals surface area (Å²) in [6.07, 6.45) is 13.3. The Kier molecular flexibility index (Phi) is 6.43. The van der Waals surface area contributed by atoms with Crippen LogP contribution in [-0.4, -0.2) is 30.7 Å². The maximum absolute atomic E-state index is 7.48. The summed E-state index contributed by atoms with van der Waals surface area (Å²) in [5, 5.41) is 16.7. The first-order chi connectivity index (χ1) is 8.33. The van der Waals surface area contributed by atoms with Gasteiger partial charge in [-0.05, 0) is 44.9 Å². The third-order valence-electron chi connectivity index (χ3n) is 3.89. The molecule has 0 radical (unpaired) electrons. The van der Waals surface area contributed by atoms with Crippen molar-refractivity contribution in [3.8, 4) is 12.4 Å². The number of nitrogens with zero attached hydrogens (tertiary/aromatic N) is 3. The number of nitrogens with one attached hydrogen (secondary N) is 1. The highest BCUT2D eigenvalue weighted by atomic mass is 15.4. The van der Waals surface area contributed by atoms with Gasteiger partial charge in [0.25, 0.3) is 0 Å². The third kappa shape index (κ3) is 5.06. The zero-order valence-corrected chi connectivity index (χ0v) is 10.6. The van der Waals surface area contributed by atoms with E-state index in [4.69, 9.17) is 10.5 Å². The summed E-state index contributed by atoms with van der Waals surface area (Å²) < 4.78 is 1.50. The van der Waals surface area contributed by atoms with Crippen molar-refractivity contribution in [2.45, 2.75) is 44.9 Å². The van der Waals surface area contributed by atoms with E-state index >= 15 is 0 Å². The van der Waals surface area contributed by atoms with Crippen LogP contribution in [0.2, 0.25) is 0 Å². The van der Waals surface area contributed by atoms with Crippen molar-refractivity contribution >= 4 is 0 Å². The number of piperidine rings is 1. The third-order valence-corrected chi connectivity index (χ3v) is 3.89. The molecule has 0 atom stereocenters. The van der Waals surface area contributed by atoms with Crippen molar-refractivity contribution in [1.82, 2.24) is 5.32 Å². The molecule has 1 spiro atoms. The Morgan fingerprint density at radius 1 is 0.647 bits per heavy atom. The molecular weight excluding hydrogens is 212 g/mol. The van der Waals surface area contributed by atoms with Crippen LogP contribution in [0.1, 0.15) is 44.9 Å². The van der Waals surface area contributed by atoms with Crippen molar-refractivity contribution in [1.29, 1.82) is 10.5 Å². The van der Waals surface area contributed by atoms with Crippen LogP contribution in [0.15, 0.2) is 0 Å². The number of nitriles is 2. The molecule has 2 aliphatic rings. The van der Waals surface area contributed by atoms with Crippen LogP contribution in [0.25, 0.3) is 0 Å². The molecule has 0 aromatic heterocycles. The van der Waals surface area contributed by atoms with E-state index in [0.717, 1.165) is 0 Å². The Balaban J connectivity index is 0.000000249. The van der Waals surface area contributed by atoms with Gasteiger partial charge in [0, 0.05) is 0 Å². The minimum absolute atomic E-state index is 1.41. The molecule has 0 aliphatic carbocycles.